The number of sulfonamides is 1. The maximum atomic E-state index is 11.9. The van der Waals surface area contributed by atoms with E-state index in [1.165, 1.54) is 14.1 Å². The molecule has 1 amide bonds. The van der Waals surface area contributed by atoms with Crippen LogP contribution in [0.15, 0.2) is 10.3 Å². The molecular formula is C9H14N4O5S2. The largest absolute Gasteiger partial charge is 0.374 e. The van der Waals surface area contributed by atoms with E-state index >= 15 is 0 Å². The summed E-state index contributed by atoms with van der Waals surface area (Å²) in [5.41, 5.74) is -0.302. The zero-order valence-electron chi connectivity index (χ0n) is 10.8. The van der Waals surface area contributed by atoms with Crippen molar-refractivity contribution < 1.29 is 18.1 Å². The summed E-state index contributed by atoms with van der Waals surface area (Å²) in [7, 11) is -0.956. The molecule has 0 atom stereocenters. The van der Waals surface area contributed by atoms with Crippen molar-refractivity contribution in [1.29, 1.82) is 0 Å². The molecule has 3 N–H and O–H groups in total. The lowest BCUT2D eigenvalue weighted by Crippen LogP contribution is -2.28. The van der Waals surface area contributed by atoms with Gasteiger partial charge in [-0.05, 0) is 0 Å². The number of hydrogen-bond acceptors (Lipinski definition) is 7. The number of nitrogens with one attached hydrogen (secondary N) is 3. The van der Waals surface area contributed by atoms with E-state index in [0.717, 1.165) is 17.4 Å². The second kappa shape index (κ2) is 6.63. The fraction of sp³-hybridized carbons (Fsp3) is 0.444. The predicted molar refractivity (Wildman–Crippen MR) is 74.4 cm³/mol. The average molecular weight is 322 g/mol. The third-order valence-corrected chi connectivity index (χ3v) is 5.38. The van der Waals surface area contributed by atoms with Gasteiger partial charge in [-0.2, -0.15) is 0 Å². The van der Waals surface area contributed by atoms with Crippen LogP contribution in [0.2, 0.25) is 0 Å². The molecule has 0 radical (unpaired) electrons. The van der Waals surface area contributed by atoms with Crippen LogP contribution in [0.3, 0.4) is 0 Å². The second-order valence-corrected chi connectivity index (χ2v) is 6.65. The minimum absolute atomic E-state index is 0.0118. The molecule has 112 valence electrons. The van der Waals surface area contributed by atoms with E-state index in [0.29, 0.717) is 0 Å². The van der Waals surface area contributed by atoms with Gasteiger partial charge in [-0.3, -0.25) is 14.9 Å². The van der Waals surface area contributed by atoms with Crippen molar-refractivity contribution in [2.24, 2.45) is 0 Å². The first kappa shape index (κ1) is 16.3. The molecular weight excluding hydrogens is 308 g/mol. The Kier molecular flexibility index (Phi) is 5.42. The van der Waals surface area contributed by atoms with Gasteiger partial charge in [0.1, 0.15) is 4.21 Å². The molecule has 0 fully saturated rings. The average Bonchev–Trinajstić information content (AvgIpc) is 2.83. The summed E-state index contributed by atoms with van der Waals surface area (Å²) in [5, 5.41) is 15.9. The van der Waals surface area contributed by atoms with Gasteiger partial charge in [0.05, 0.1) is 4.92 Å². The third kappa shape index (κ3) is 3.88. The quantitative estimate of drug-likeness (QED) is 0.482. The van der Waals surface area contributed by atoms with E-state index in [-0.39, 0.29) is 33.8 Å². The summed E-state index contributed by atoms with van der Waals surface area (Å²) in [6, 6.07) is 0.985. The first-order valence-electron chi connectivity index (χ1n) is 5.48. The molecule has 0 aliphatic heterocycles. The van der Waals surface area contributed by atoms with Crippen LogP contribution in [0, 0.1) is 10.1 Å². The molecule has 0 spiro atoms. The first-order valence-corrected chi connectivity index (χ1v) is 7.78. The van der Waals surface area contributed by atoms with Gasteiger partial charge in [-0.25, -0.2) is 13.1 Å². The Morgan fingerprint density at radius 3 is 2.55 bits per heavy atom. The Balaban J connectivity index is 2.87. The van der Waals surface area contributed by atoms with Gasteiger partial charge >= 0.3 is 5.69 Å². The number of rotatable bonds is 7. The van der Waals surface area contributed by atoms with Gasteiger partial charge in [-0.15, -0.1) is 0 Å². The van der Waals surface area contributed by atoms with Crippen LogP contribution < -0.4 is 15.4 Å². The van der Waals surface area contributed by atoms with E-state index in [1.807, 2.05) is 0 Å². The molecule has 0 saturated carbocycles. The monoisotopic (exact) mass is 322 g/mol. The van der Waals surface area contributed by atoms with E-state index in [4.69, 9.17) is 0 Å². The highest BCUT2D eigenvalue weighted by atomic mass is 32.2. The zero-order chi connectivity index (χ0) is 15.3. The normalized spacial score (nSPS) is 11.1. The SMILES string of the molecule is CNC(=O)CCNS(=O)(=O)c1cc([N+](=O)[O-])c(NC)s1. The fourth-order valence-corrected chi connectivity index (χ4v) is 3.66. The fourth-order valence-electron chi connectivity index (χ4n) is 1.30. The molecule has 1 heterocycles. The second-order valence-electron chi connectivity index (χ2n) is 3.61. The van der Waals surface area contributed by atoms with Crippen LogP contribution >= 0.6 is 11.3 Å². The Labute approximate surface area is 119 Å². The summed E-state index contributed by atoms with van der Waals surface area (Å²) in [5.74, 6) is -0.305. The molecule has 0 aromatic carbocycles. The molecule has 20 heavy (non-hydrogen) atoms. The van der Waals surface area contributed by atoms with E-state index in [2.05, 4.69) is 15.4 Å². The van der Waals surface area contributed by atoms with Crippen molar-refractivity contribution in [2.75, 3.05) is 26.0 Å². The van der Waals surface area contributed by atoms with Crippen molar-refractivity contribution in [3.63, 3.8) is 0 Å². The minimum Gasteiger partial charge on any atom is -0.374 e. The molecule has 0 aliphatic carbocycles. The number of anilines is 1. The number of nitro groups is 1. The van der Waals surface area contributed by atoms with Crippen molar-refractivity contribution >= 4 is 38.0 Å². The number of carbonyl (C=O) groups is 1. The van der Waals surface area contributed by atoms with Crippen LogP contribution in [0.5, 0.6) is 0 Å². The molecule has 1 rings (SSSR count). The van der Waals surface area contributed by atoms with Gasteiger partial charge in [0.2, 0.25) is 15.9 Å². The maximum Gasteiger partial charge on any atom is 0.304 e. The van der Waals surface area contributed by atoms with Crippen molar-refractivity contribution in [2.45, 2.75) is 10.6 Å². The van der Waals surface area contributed by atoms with Crippen LogP contribution in [0.1, 0.15) is 6.42 Å². The number of amides is 1. The summed E-state index contributed by atoms with van der Waals surface area (Å²) in [6.45, 7) is -0.0808. The lowest BCUT2D eigenvalue weighted by Gasteiger charge is -2.03. The van der Waals surface area contributed by atoms with E-state index in [1.54, 1.807) is 0 Å². The summed E-state index contributed by atoms with van der Waals surface area (Å²) in [4.78, 5) is 21.1. The predicted octanol–water partition coefficient (Wildman–Crippen LogP) is 0.112. The summed E-state index contributed by atoms with van der Waals surface area (Å²) in [6.07, 6.45) is -0.0118. The van der Waals surface area contributed by atoms with Crippen molar-refractivity contribution in [3.05, 3.63) is 16.2 Å². The molecule has 0 bridgehead atoms. The molecule has 11 heteroatoms. The van der Waals surface area contributed by atoms with Crippen molar-refractivity contribution in [1.82, 2.24) is 10.0 Å². The number of thiophene rings is 1. The summed E-state index contributed by atoms with van der Waals surface area (Å²) < 4.78 is 25.9. The van der Waals surface area contributed by atoms with Crippen LogP contribution in [0.4, 0.5) is 10.7 Å². The first-order chi connectivity index (χ1) is 9.31. The lowest BCUT2D eigenvalue weighted by atomic mass is 10.4. The highest BCUT2D eigenvalue weighted by Gasteiger charge is 2.25. The standard InChI is InChI=1S/C9H14N4O5S2/c1-10-7(14)3-4-12-20(17,18)8-5-6(13(15)16)9(11-2)19-8/h5,11-12H,3-4H2,1-2H3,(H,10,14). The maximum absolute atomic E-state index is 11.9. The minimum atomic E-state index is -3.87. The lowest BCUT2D eigenvalue weighted by molar-refractivity contribution is -0.383. The van der Waals surface area contributed by atoms with Gasteiger partial charge in [0.25, 0.3) is 0 Å². The molecule has 9 nitrogen and oxygen atoms in total. The smallest absolute Gasteiger partial charge is 0.304 e. The molecule has 1 aromatic heterocycles. The van der Waals surface area contributed by atoms with Crippen LogP contribution in [-0.2, 0) is 14.8 Å². The van der Waals surface area contributed by atoms with Crippen LogP contribution in [0.25, 0.3) is 0 Å². The van der Waals surface area contributed by atoms with Gasteiger partial charge in [0.15, 0.2) is 5.00 Å². The molecule has 0 unspecified atom stereocenters. The molecule has 0 saturated heterocycles. The Bertz CT molecular complexity index is 610. The number of nitrogens with zero attached hydrogens (tertiary/aromatic N) is 1. The highest BCUT2D eigenvalue weighted by Crippen LogP contribution is 2.36. The number of carbonyl (C=O) groups excluding carboxylic acids is 1. The molecule has 0 aliphatic rings. The van der Waals surface area contributed by atoms with Gasteiger partial charge in [0, 0.05) is 33.1 Å². The summed E-state index contributed by atoms with van der Waals surface area (Å²) >= 11 is 0.756. The van der Waals surface area contributed by atoms with E-state index < -0.39 is 14.9 Å². The topological polar surface area (TPSA) is 130 Å². The van der Waals surface area contributed by atoms with Crippen molar-refractivity contribution in [3.8, 4) is 0 Å². The Hall–Kier alpha value is -1.72. The van der Waals surface area contributed by atoms with Gasteiger partial charge < -0.3 is 10.6 Å². The Morgan fingerprint density at radius 1 is 1.45 bits per heavy atom. The Morgan fingerprint density at radius 2 is 2.10 bits per heavy atom. The molecule has 1 aromatic rings. The highest BCUT2D eigenvalue weighted by molar-refractivity contribution is 7.91. The van der Waals surface area contributed by atoms with Gasteiger partial charge in [-0.1, -0.05) is 11.3 Å². The van der Waals surface area contributed by atoms with E-state index in [9.17, 15) is 23.3 Å². The number of hydrogen-bond donors (Lipinski definition) is 3. The third-order valence-electron chi connectivity index (χ3n) is 2.30. The van der Waals surface area contributed by atoms with Crippen LogP contribution in [-0.4, -0.2) is 39.9 Å². The zero-order valence-corrected chi connectivity index (χ0v) is 12.4.